The molecule has 2 aromatic carbocycles. The van der Waals surface area contributed by atoms with Gasteiger partial charge in [-0.2, -0.15) is 0 Å². The molecule has 0 heterocycles. The molecule has 3 heteroatoms. The summed E-state index contributed by atoms with van der Waals surface area (Å²) >= 11 is 0. The third kappa shape index (κ3) is 5.24. The van der Waals surface area contributed by atoms with Gasteiger partial charge in [-0.25, -0.2) is 5.41 Å². The molecule has 21 heavy (non-hydrogen) atoms. The second-order valence-corrected chi connectivity index (χ2v) is 4.94. The Morgan fingerprint density at radius 1 is 0.952 bits per heavy atom. The molecule has 0 saturated heterocycles. The summed E-state index contributed by atoms with van der Waals surface area (Å²) in [5.74, 6) is 1.03. The lowest BCUT2D eigenvalue weighted by atomic mass is 9.87. The monoisotopic (exact) mass is 303 g/mol. The van der Waals surface area contributed by atoms with Crippen molar-refractivity contribution in [1.82, 2.24) is 0 Å². The molecule has 0 aliphatic carbocycles. The van der Waals surface area contributed by atoms with Crippen LogP contribution in [0.5, 0.6) is 0 Å². The topological polar surface area (TPSA) is 34.8 Å². The maximum absolute atomic E-state index is 5.73. The largest absolute Gasteiger partial charge is 1.00 e. The lowest BCUT2D eigenvalue weighted by molar-refractivity contribution is -0.140. The van der Waals surface area contributed by atoms with Gasteiger partial charge in [0.15, 0.2) is 0 Å². The molecule has 0 fully saturated rings. The Hall–Kier alpha value is -1.80. The molecule has 0 amide bonds. The first-order chi connectivity index (χ1) is 9.81. The number of hydrogen-bond acceptors (Lipinski definition) is 1. The van der Waals surface area contributed by atoms with Crippen LogP contribution in [0.1, 0.15) is 36.3 Å². The van der Waals surface area contributed by atoms with Gasteiger partial charge in [-0.15, -0.1) is 0 Å². The minimum absolute atomic E-state index is 0. The van der Waals surface area contributed by atoms with E-state index in [0.29, 0.717) is 11.8 Å². The molecule has 0 bridgehead atoms. The van der Waals surface area contributed by atoms with Gasteiger partial charge in [-0.1, -0.05) is 60.7 Å². The summed E-state index contributed by atoms with van der Waals surface area (Å²) in [5.41, 5.74) is 2.71. The molecular weight excluding hydrogens is 282 g/mol. The van der Waals surface area contributed by atoms with E-state index in [1.165, 1.54) is 11.1 Å². The quantitative estimate of drug-likeness (QED) is 0.582. The van der Waals surface area contributed by atoms with Gasteiger partial charge in [0.25, 0.3) is 0 Å². The van der Waals surface area contributed by atoms with E-state index in [0.717, 1.165) is 19.3 Å². The molecule has 0 radical (unpaired) electrons. The zero-order chi connectivity index (χ0) is 14.2. The van der Waals surface area contributed by atoms with E-state index >= 15 is 0 Å². The van der Waals surface area contributed by atoms with Gasteiger partial charge in [0.2, 0.25) is 0 Å². The Balaban J connectivity index is 0.00000220. The summed E-state index contributed by atoms with van der Waals surface area (Å²) in [5, 5.41) is 5.73. The van der Waals surface area contributed by atoms with Crippen molar-refractivity contribution in [2.45, 2.75) is 25.2 Å². The third-order valence-corrected chi connectivity index (χ3v) is 3.58. The van der Waals surface area contributed by atoms with E-state index in [2.05, 4.69) is 60.7 Å². The molecule has 0 spiro atoms. The summed E-state index contributed by atoms with van der Waals surface area (Å²) in [4.78, 5) is 0. The molecule has 0 aliphatic rings. The van der Waals surface area contributed by atoms with Crippen molar-refractivity contribution in [3.8, 4) is 0 Å². The Kier molecular flexibility index (Phi) is 7.55. The van der Waals surface area contributed by atoms with Crippen LogP contribution in [-0.2, 0) is 4.74 Å². The van der Waals surface area contributed by atoms with Crippen LogP contribution in [0.4, 0.5) is 0 Å². The first kappa shape index (κ1) is 17.3. The van der Waals surface area contributed by atoms with Crippen molar-refractivity contribution in [2.24, 2.45) is 0 Å². The predicted octanol–water partition coefficient (Wildman–Crippen LogP) is -0.203. The van der Waals surface area contributed by atoms with Gasteiger partial charge >= 0.3 is 5.90 Å². The maximum atomic E-state index is 5.73. The van der Waals surface area contributed by atoms with Gasteiger partial charge in [0.05, 0.1) is 13.5 Å². The first-order valence-corrected chi connectivity index (χ1v) is 7.06. The summed E-state index contributed by atoms with van der Waals surface area (Å²) < 4.78 is 5.04. The fraction of sp³-hybridized carbons (Fsp3) is 0.278. The highest BCUT2D eigenvalue weighted by molar-refractivity contribution is 5.69. The fourth-order valence-electron chi connectivity index (χ4n) is 2.48. The van der Waals surface area contributed by atoms with Gasteiger partial charge in [-0.05, 0) is 24.0 Å². The highest BCUT2D eigenvalue weighted by Crippen LogP contribution is 2.29. The second kappa shape index (κ2) is 9.19. The number of ether oxygens (including phenoxy) is 1. The van der Waals surface area contributed by atoms with Crippen molar-refractivity contribution >= 4 is 5.90 Å². The Morgan fingerprint density at radius 2 is 1.43 bits per heavy atom. The Bertz CT molecular complexity index is 488. The van der Waals surface area contributed by atoms with Crippen molar-refractivity contribution in [2.75, 3.05) is 7.11 Å². The normalized spacial score (nSPS) is 10.0. The molecule has 2 aromatic rings. The Labute approximate surface area is 133 Å². The van der Waals surface area contributed by atoms with E-state index in [9.17, 15) is 0 Å². The van der Waals surface area contributed by atoms with Gasteiger partial charge in [-0.3, -0.25) is 0 Å². The average molecular weight is 304 g/mol. The Morgan fingerprint density at radius 3 is 1.86 bits per heavy atom. The molecular formula is C18H22ClNO. The lowest BCUT2D eigenvalue weighted by Gasteiger charge is -2.17. The molecule has 0 aliphatic heterocycles. The van der Waals surface area contributed by atoms with Crippen LogP contribution < -0.4 is 17.8 Å². The van der Waals surface area contributed by atoms with Crippen LogP contribution in [0.15, 0.2) is 60.7 Å². The third-order valence-electron chi connectivity index (χ3n) is 3.58. The van der Waals surface area contributed by atoms with E-state index < -0.39 is 0 Å². The molecule has 112 valence electrons. The molecule has 0 atom stereocenters. The summed E-state index contributed by atoms with van der Waals surface area (Å²) in [6.07, 6.45) is 2.90. The summed E-state index contributed by atoms with van der Waals surface area (Å²) in [6, 6.07) is 21.3. The fourth-order valence-corrected chi connectivity index (χ4v) is 2.48. The lowest BCUT2D eigenvalue weighted by Crippen LogP contribution is -3.00. The number of rotatable bonds is 6. The molecule has 0 aromatic heterocycles. The van der Waals surface area contributed by atoms with Crippen molar-refractivity contribution in [3.63, 3.8) is 0 Å². The number of benzene rings is 2. The highest BCUT2D eigenvalue weighted by Gasteiger charge is 2.14. The highest BCUT2D eigenvalue weighted by atomic mass is 35.5. The zero-order valence-electron chi connectivity index (χ0n) is 12.3. The van der Waals surface area contributed by atoms with Crippen LogP contribution in [0, 0.1) is 0 Å². The first-order valence-electron chi connectivity index (χ1n) is 7.06. The zero-order valence-corrected chi connectivity index (χ0v) is 13.1. The van der Waals surface area contributed by atoms with E-state index in [1.54, 1.807) is 7.11 Å². The molecule has 0 unspecified atom stereocenters. The molecule has 2 rings (SSSR count). The minimum atomic E-state index is 0. The smallest absolute Gasteiger partial charge is 0.332 e. The number of methoxy groups -OCH3 is 1. The second-order valence-electron chi connectivity index (χ2n) is 4.94. The van der Waals surface area contributed by atoms with Crippen LogP contribution in [-0.4, -0.2) is 13.0 Å². The van der Waals surface area contributed by atoms with E-state index in [1.807, 2.05) is 0 Å². The van der Waals surface area contributed by atoms with Gasteiger partial charge in [0, 0.05) is 5.92 Å². The maximum Gasteiger partial charge on any atom is 0.332 e. The SMILES string of the molecule is COC(=[NH2+])CCCC(c1ccccc1)c1ccccc1.[Cl-]. The summed E-state index contributed by atoms with van der Waals surface area (Å²) in [7, 11) is 1.63. The van der Waals surface area contributed by atoms with Gasteiger partial charge in [0.1, 0.15) is 0 Å². The van der Waals surface area contributed by atoms with Crippen LogP contribution in [0.25, 0.3) is 0 Å². The minimum Gasteiger partial charge on any atom is -1.00 e. The predicted molar refractivity (Wildman–Crippen MR) is 82.5 cm³/mol. The number of halogens is 1. The summed E-state index contributed by atoms with van der Waals surface area (Å²) in [6.45, 7) is 0. The molecule has 2 N–H and O–H groups in total. The van der Waals surface area contributed by atoms with E-state index in [-0.39, 0.29) is 12.4 Å². The average Bonchev–Trinajstić information content (AvgIpc) is 2.53. The van der Waals surface area contributed by atoms with Crippen molar-refractivity contribution < 1.29 is 22.6 Å². The number of hydrogen-bond donors (Lipinski definition) is 1. The van der Waals surface area contributed by atoms with Crippen LogP contribution in [0.3, 0.4) is 0 Å². The standard InChI is InChI=1S/C18H21NO.ClH/c1-20-18(19)14-8-13-17(15-9-4-2-5-10-15)16-11-6-3-7-12-16;/h2-7,9-12,17,19H,8,13-14H2,1H3;1H. The van der Waals surface area contributed by atoms with Crippen LogP contribution in [0.2, 0.25) is 0 Å². The molecule has 2 nitrogen and oxygen atoms in total. The van der Waals surface area contributed by atoms with E-state index in [4.69, 9.17) is 10.1 Å². The molecule has 0 saturated carbocycles. The number of nitrogens with two attached hydrogens (primary N) is 1. The van der Waals surface area contributed by atoms with Gasteiger partial charge < -0.3 is 17.1 Å². The van der Waals surface area contributed by atoms with Crippen molar-refractivity contribution in [3.05, 3.63) is 71.8 Å². The van der Waals surface area contributed by atoms with Crippen LogP contribution >= 0.6 is 0 Å². The van der Waals surface area contributed by atoms with Crippen molar-refractivity contribution in [1.29, 1.82) is 0 Å².